The average Bonchev–Trinajstić information content (AvgIpc) is 3.05. The third-order valence-corrected chi connectivity index (χ3v) is 5.12. The number of amides is 1. The van der Waals surface area contributed by atoms with Crippen molar-refractivity contribution in [1.82, 2.24) is 14.8 Å². The highest BCUT2D eigenvalue weighted by atomic mass is 32.1. The summed E-state index contributed by atoms with van der Waals surface area (Å²) in [6, 6.07) is 12.9. The minimum Gasteiger partial charge on any atom is -0.301 e. The number of rotatable bonds is 4. The number of carbonyl (C=O) groups excluding carboxylic acids is 1. The van der Waals surface area contributed by atoms with Gasteiger partial charge in [0.1, 0.15) is 5.69 Å². The Morgan fingerprint density at radius 2 is 1.79 bits per heavy atom. The third kappa shape index (κ3) is 4.20. The summed E-state index contributed by atoms with van der Waals surface area (Å²) in [5.41, 5.74) is 1.64. The first-order valence-electron chi connectivity index (χ1n) is 9.15. The molecule has 3 rings (SSSR count). The number of hydrogen-bond acceptors (Lipinski definition) is 5. The fraction of sp³-hybridized carbons (Fsp3) is 0.333. The Labute approximate surface area is 168 Å². The largest absolute Gasteiger partial charge is 0.301 e. The minimum absolute atomic E-state index is 0.0550. The van der Waals surface area contributed by atoms with Gasteiger partial charge in [-0.1, -0.05) is 62.4 Å². The maximum absolute atomic E-state index is 12.4. The molecule has 7 heteroatoms. The van der Waals surface area contributed by atoms with Crippen LogP contribution in [0.25, 0.3) is 21.8 Å². The molecule has 3 aromatic rings. The van der Waals surface area contributed by atoms with Crippen molar-refractivity contribution in [2.24, 2.45) is 5.41 Å². The van der Waals surface area contributed by atoms with Crippen LogP contribution < -0.4 is 10.9 Å². The number of anilines is 1. The van der Waals surface area contributed by atoms with Gasteiger partial charge in [0.25, 0.3) is 5.56 Å². The van der Waals surface area contributed by atoms with E-state index >= 15 is 0 Å². The number of carbonyl (C=O) groups is 1. The van der Waals surface area contributed by atoms with Gasteiger partial charge in [-0.25, -0.2) is 9.67 Å². The van der Waals surface area contributed by atoms with Crippen LogP contribution in [0.5, 0.6) is 0 Å². The van der Waals surface area contributed by atoms with Gasteiger partial charge in [-0.15, -0.1) is 0 Å². The van der Waals surface area contributed by atoms with Gasteiger partial charge in [-0.3, -0.25) is 9.59 Å². The van der Waals surface area contributed by atoms with Gasteiger partial charge in [0, 0.05) is 17.0 Å². The third-order valence-electron chi connectivity index (χ3n) is 4.12. The van der Waals surface area contributed by atoms with Crippen molar-refractivity contribution in [3.8, 4) is 21.8 Å². The van der Waals surface area contributed by atoms with Gasteiger partial charge in [-0.2, -0.15) is 5.10 Å². The normalized spacial score (nSPS) is 11.6. The van der Waals surface area contributed by atoms with Crippen LogP contribution in [0.15, 0.2) is 47.3 Å². The molecule has 1 aromatic carbocycles. The van der Waals surface area contributed by atoms with Crippen molar-refractivity contribution in [1.29, 1.82) is 0 Å². The number of hydrogen-bond donors (Lipinski definition) is 1. The zero-order valence-corrected chi connectivity index (χ0v) is 17.5. The van der Waals surface area contributed by atoms with E-state index in [1.807, 2.05) is 65.0 Å². The van der Waals surface area contributed by atoms with Crippen molar-refractivity contribution < 1.29 is 4.79 Å². The average molecular weight is 397 g/mol. The molecular formula is C21H24N4O2S. The Bertz CT molecular complexity index is 1050. The molecule has 0 fully saturated rings. The molecule has 0 saturated carbocycles. The van der Waals surface area contributed by atoms with Crippen molar-refractivity contribution >= 4 is 22.4 Å². The van der Waals surface area contributed by atoms with E-state index in [9.17, 15) is 9.59 Å². The van der Waals surface area contributed by atoms with E-state index in [1.54, 1.807) is 6.07 Å². The van der Waals surface area contributed by atoms with E-state index in [0.29, 0.717) is 10.8 Å². The zero-order chi connectivity index (χ0) is 20.5. The number of benzene rings is 1. The molecule has 0 aliphatic carbocycles. The molecule has 0 aliphatic rings. The van der Waals surface area contributed by atoms with Gasteiger partial charge < -0.3 is 5.32 Å². The summed E-state index contributed by atoms with van der Waals surface area (Å²) in [6.45, 7) is 9.40. The van der Waals surface area contributed by atoms with Gasteiger partial charge >= 0.3 is 0 Å². The lowest BCUT2D eigenvalue weighted by molar-refractivity contribution is -0.123. The highest BCUT2D eigenvalue weighted by Gasteiger charge is 2.24. The second kappa shape index (κ2) is 7.67. The molecule has 0 saturated heterocycles. The summed E-state index contributed by atoms with van der Waals surface area (Å²) in [6.07, 6.45) is 0. The van der Waals surface area contributed by atoms with E-state index in [4.69, 9.17) is 0 Å². The predicted octanol–water partition coefficient (Wildman–Crippen LogP) is 4.60. The van der Waals surface area contributed by atoms with Gasteiger partial charge in [0.05, 0.1) is 16.6 Å². The zero-order valence-electron chi connectivity index (χ0n) is 16.7. The summed E-state index contributed by atoms with van der Waals surface area (Å²) in [4.78, 5) is 30.0. The topological polar surface area (TPSA) is 76.9 Å². The number of aromatic nitrogens is 3. The predicted molar refractivity (Wildman–Crippen MR) is 114 cm³/mol. The van der Waals surface area contributed by atoms with Crippen LogP contribution in [-0.2, 0) is 4.79 Å². The number of nitrogens with one attached hydrogen (secondary N) is 1. The van der Waals surface area contributed by atoms with Crippen LogP contribution in [0.2, 0.25) is 0 Å². The molecule has 0 bridgehead atoms. The second-order valence-electron chi connectivity index (χ2n) is 7.86. The maximum Gasteiger partial charge on any atom is 0.267 e. The molecule has 0 radical (unpaired) electrons. The van der Waals surface area contributed by atoms with E-state index in [2.05, 4.69) is 15.4 Å². The highest BCUT2D eigenvalue weighted by molar-refractivity contribution is 7.19. The fourth-order valence-corrected chi connectivity index (χ4v) is 3.49. The molecule has 6 nitrogen and oxygen atoms in total. The molecule has 146 valence electrons. The molecule has 2 heterocycles. The Kier molecular flexibility index (Phi) is 5.47. The van der Waals surface area contributed by atoms with E-state index < -0.39 is 5.41 Å². The Morgan fingerprint density at radius 1 is 1.11 bits per heavy atom. The SMILES string of the molecule is CC(C)n1nc(-c2sc(NC(=O)C(C)(C)C)nc2-c2ccccc2)ccc1=O. The van der Waals surface area contributed by atoms with E-state index in [1.165, 1.54) is 22.1 Å². The van der Waals surface area contributed by atoms with Crippen molar-refractivity contribution in [3.63, 3.8) is 0 Å². The molecule has 1 amide bonds. The molecule has 28 heavy (non-hydrogen) atoms. The number of nitrogens with zero attached hydrogens (tertiary/aromatic N) is 3. The Balaban J connectivity index is 2.13. The standard InChI is InChI=1S/C21H24N4O2S/c1-13(2)25-16(26)12-11-15(24-25)18-17(14-9-7-6-8-10-14)22-20(28-18)23-19(27)21(3,4)5/h6-13H,1-5H3,(H,22,23,27). The monoisotopic (exact) mass is 396 g/mol. The van der Waals surface area contributed by atoms with Crippen LogP contribution >= 0.6 is 11.3 Å². The summed E-state index contributed by atoms with van der Waals surface area (Å²) >= 11 is 1.36. The first-order chi connectivity index (χ1) is 13.2. The van der Waals surface area contributed by atoms with Crippen LogP contribution in [0.4, 0.5) is 5.13 Å². The molecule has 0 spiro atoms. The van der Waals surface area contributed by atoms with Gasteiger partial charge in [0.2, 0.25) is 5.91 Å². The second-order valence-corrected chi connectivity index (χ2v) is 8.86. The van der Waals surface area contributed by atoms with Crippen molar-refractivity contribution in [3.05, 3.63) is 52.8 Å². The van der Waals surface area contributed by atoms with Crippen LogP contribution in [0.3, 0.4) is 0 Å². The molecule has 2 aromatic heterocycles. The Hall–Kier alpha value is -2.80. The quantitative estimate of drug-likeness (QED) is 0.699. The Morgan fingerprint density at radius 3 is 2.39 bits per heavy atom. The lowest BCUT2D eigenvalue weighted by Gasteiger charge is -2.15. The van der Waals surface area contributed by atoms with Crippen LogP contribution in [-0.4, -0.2) is 20.7 Å². The summed E-state index contributed by atoms with van der Waals surface area (Å²) in [5.74, 6) is -0.104. The van der Waals surface area contributed by atoms with Crippen molar-refractivity contribution in [2.45, 2.75) is 40.7 Å². The smallest absolute Gasteiger partial charge is 0.267 e. The van der Waals surface area contributed by atoms with E-state index in [-0.39, 0.29) is 17.5 Å². The van der Waals surface area contributed by atoms with Crippen LogP contribution in [0, 0.1) is 5.41 Å². The maximum atomic E-state index is 12.4. The van der Waals surface area contributed by atoms with Crippen molar-refractivity contribution in [2.75, 3.05) is 5.32 Å². The molecule has 0 atom stereocenters. The van der Waals surface area contributed by atoms with Crippen LogP contribution in [0.1, 0.15) is 40.7 Å². The van der Waals surface area contributed by atoms with Gasteiger partial charge in [0.15, 0.2) is 5.13 Å². The van der Waals surface area contributed by atoms with Gasteiger partial charge in [-0.05, 0) is 19.9 Å². The minimum atomic E-state index is -0.526. The van der Waals surface area contributed by atoms with E-state index in [0.717, 1.165) is 16.1 Å². The highest BCUT2D eigenvalue weighted by Crippen LogP contribution is 2.38. The lowest BCUT2D eigenvalue weighted by atomic mass is 9.96. The summed E-state index contributed by atoms with van der Waals surface area (Å²) in [7, 11) is 0. The molecule has 0 unspecified atom stereocenters. The molecular weight excluding hydrogens is 372 g/mol. The molecule has 0 aliphatic heterocycles. The first-order valence-corrected chi connectivity index (χ1v) is 9.96. The lowest BCUT2D eigenvalue weighted by Crippen LogP contribution is -2.27. The molecule has 1 N–H and O–H groups in total. The summed E-state index contributed by atoms with van der Waals surface area (Å²) < 4.78 is 1.46. The summed E-state index contributed by atoms with van der Waals surface area (Å²) in [5, 5.41) is 7.95. The first kappa shape index (κ1) is 19.9. The fourth-order valence-electron chi connectivity index (χ4n) is 2.54. The number of thiazole rings is 1.